The summed E-state index contributed by atoms with van der Waals surface area (Å²) in [6, 6.07) is 8.98. The number of benzene rings is 1. The predicted molar refractivity (Wildman–Crippen MR) is 86.6 cm³/mol. The second-order valence-electron chi connectivity index (χ2n) is 5.88. The number of likely N-dealkylation sites (N-methyl/N-ethyl adjacent to an activating group) is 1. The number of carbonyl (C=O) groups excluding carboxylic acids is 1. The molecule has 1 aromatic rings. The van der Waals surface area contributed by atoms with Crippen LogP contribution in [-0.4, -0.2) is 61.2 Å². The summed E-state index contributed by atoms with van der Waals surface area (Å²) in [6.45, 7) is 2.65. The molecule has 4 nitrogen and oxygen atoms in total. The van der Waals surface area contributed by atoms with Gasteiger partial charge in [0.1, 0.15) is 6.04 Å². The standard InChI is InChI=1S/C16H23N3OS/c1-18(2)16(20)14-11-17-8-9-19(14)13-7-10-21-15-6-4-3-5-12(13)15/h3-6,13-14,17H,7-11H2,1-2H3. The maximum absolute atomic E-state index is 12.5. The van der Waals surface area contributed by atoms with Crippen LogP contribution >= 0.6 is 11.8 Å². The number of amides is 1. The molecular formula is C16H23N3OS. The number of thioether (sulfide) groups is 1. The van der Waals surface area contributed by atoms with Crippen LogP contribution in [0.15, 0.2) is 29.2 Å². The normalized spacial score (nSPS) is 26.2. The minimum absolute atomic E-state index is 0.0464. The molecule has 1 amide bonds. The third-order valence-electron chi connectivity index (χ3n) is 4.34. The molecule has 114 valence electrons. The zero-order chi connectivity index (χ0) is 14.8. The van der Waals surface area contributed by atoms with E-state index in [1.165, 1.54) is 10.5 Å². The van der Waals surface area contributed by atoms with E-state index in [2.05, 4.69) is 34.5 Å². The second kappa shape index (κ2) is 6.38. The SMILES string of the molecule is CN(C)C(=O)C1CNCCN1C1CCSc2ccccc21. The van der Waals surface area contributed by atoms with Gasteiger partial charge in [0.2, 0.25) is 5.91 Å². The summed E-state index contributed by atoms with van der Waals surface area (Å²) in [6.07, 6.45) is 1.12. The summed E-state index contributed by atoms with van der Waals surface area (Å²) in [5.41, 5.74) is 1.40. The molecule has 0 bridgehead atoms. The minimum Gasteiger partial charge on any atom is -0.347 e. The largest absolute Gasteiger partial charge is 0.347 e. The first kappa shape index (κ1) is 14.9. The molecule has 0 spiro atoms. The molecule has 2 unspecified atom stereocenters. The highest BCUT2D eigenvalue weighted by molar-refractivity contribution is 7.99. The monoisotopic (exact) mass is 305 g/mol. The van der Waals surface area contributed by atoms with Crippen molar-refractivity contribution >= 4 is 17.7 Å². The van der Waals surface area contributed by atoms with E-state index in [0.29, 0.717) is 6.04 Å². The Morgan fingerprint density at radius 1 is 1.38 bits per heavy atom. The molecule has 2 aliphatic heterocycles. The lowest BCUT2D eigenvalue weighted by atomic mass is 9.98. The smallest absolute Gasteiger partial charge is 0.240 e. The molecule has 2 atom stereocenters. The van der Waals surface area contributed by atoms with Crippen LogP contribution in [0.3, 0.4) is 0 Å². The number of nitrogens with one attached hydrogen (secondary N) is 1. The summed E-state index contributed by atoms with van der Waals surface area (Å²) in [4.78, 5) is 18.0. The van der Waals surface area contributed by atoms with Crippen LogP contribution in [-0.2, 0) is 4.79 Å². The van der Waals surface area contributed by atoms with E-state index in [0.717, 1.165) is 31.8 Å². The second-order valence-corrected chi connectivity index (χ2v) is 7.02. The van der Waals surface area contributed by atoms with Gasteiger partial charge in [-0.25, -0.2) is 0 Å². The molecule has 0 aromatic heterocycles. The maximum Gasteiger partial charge on any atom is 0.240 e. The van der Waals surface area contributed by atoms with Gasteiger partial charge in [0, 0.05) is 44.7 Å². The van der Waals surface area contributed by atoms with Crippen LogP contribution in [0.2, 0.25) is 0 Å². The molecule has 0 radical (unpaired) electrons. The molecular weight excluding hydrogens is 282 g/mol. The molecule has 1 aromatic carbocycles. The van der Waals surface area contributed by atoms with Gasteiger partial charge < -0.3 is 10.2 Å². The Bertz CT molecular complexity index is 520. The zero-order valence-corrected chi connectivity index (χ0v) is 13.5. The highest BCUT2D eigenvalue weighted by Gasteiger charge is 2.36. The van der Waals surface area contributed by atoms with Crippen molar-refractivity contribution in [1.82, 2.24) is 15.1 Å². The Labute approximate surface area is 130 Å². The average molecular weight is 305 g/mol. The van der Waals surface area contributed by atoms with Crippen LogP contribution in [0.4, 0.5) is 0 Å². The van der Waals surface area contributed by atoms with Crippen molar-refractivity contribution < 1.29 is 4.79 Å². The third kappa shape index (κ3) is 2.96. The molecule has 21 heavy (non-hydrogen) atoms. The first-order valence-corrected chi connectivity index (χ1v) is 8.56. The Hall–Kier alpha value is -1.04. The van der Waals surface area contributed by atoms with Crippen molar-refractivity contribution in [1.29, 1.82) is 0 Å². The van der Waals surface area contributed by atoms with Crippen molar-refractivity contribution in [2.24, 2.45) is 0 Å². The average Bonchev–Trinajstić information content (AvgIpc) is 2.53. The third-order valence-corrected chi connectivity index (χ3v) is 5.46. The van der Waals surface area contributed by atoms with Crippen LogP contribution in [0.5, 0.6) is 0 Å². The van der Waals surface area contributed by atoms with Gasteiger partial charge in [-0.3, -0.25) is 9.69 Å². The number of nitrogens with zero attached hydrogens (tertiary/aromatic N) is 2. The van der Waals surface area contributed by atoms with Crippen LogP contribution in [0.1, 0.15) is 18.0 Å². The number of piperazine rings is 1. The first-order chi connectivity index (χ1) is 10.2. The van der Waals surface area contributed by atoms with Gasteiger partial charge in [-0.15, -0.1) is 11.8 Å². The van der Waals surface area contributed by atoms with Crippen LogP contribution < -0.4 is 5.32 Å². The maximum atomic E-state index is 12.5. The Morgan fingerprint density at radius 3 is 3.00 bits per heavy atom. The van der Waals surface area contributed by atoms with Gasteiger partial charge in [0.05, 0.1) is 0 Å². The van der Waals surface area contributed by atoms with Crippen LogP contribution in [0, 0.1) is 0 Å². The van der Waals surface area contributed by atoms with Gasteiger partial charge in [0.15, 0.2) is 0 Å². The lowest BCUT2D eigenvalue weighted by Crippen LogP contribution is -2.58. The number of carbonyl (C=O) groups is 1. The van der Waals surface area contributed by atoms with Gasteiger partial charge in [-0.1, -0.05) is 18.2 Å². The minimum atomic E-state index is -0.0464. The van der Waals surface area contributed by atoms with Crippen molar-refractivity contribution in [2.75, 3.05) is 39.5 Å². The summed E-state index contributed by atoms with van der Waals surface area (Å²) in [5, 5.41) is 3.37. The molecule has 1 N–H and O–H groups in total. The molecule has 5 heteroatoms. The zero-order valence-electron chi connectivity index (χ0n) is 12.7. The van der Waals surface area contributed by atoms with E-state index in [1.54, 1.807) is 4.90 Å². The highest BCUT2D eigenvalue weighted by atomic mass is 32.2. The summed E-state index contributed by atoms with van der Waals surface area (Å²) in [5.74, 6) is 1.34. The quantitative estimate of drug-likeness (QED) is 0.900. The van der Waals surface area contributed by atoms with Gasteiger partial charge >= 0.3 is 0 Å². The van der Waals surface area contributed by atoms with Gasteiger partial charge in [0.25, 0.3) is 0 Å². The van der Waals surface area contributed by atoms with Crippen molar-refractivity contribution in [3.05, 3.63) is 29.8 Å². The van der Waals surface area contributed by atoms with Crippen LogP contribution in [0.25, 0.3) is 0 Å². The van der Waals surface area contributed by atoms with E-state index in [4.69, 9.17) is 0 Å². The topological polar surface area (TPSA) is 35.6 Å². The fourth-order valence-corrected chi connectivity index (χ4v) is 4.39. The summed E-state index contributed by atoms with van der Waals surface area (Å²) < 4.78 is 0. The number of rotatable bonds is 2. The molecule has 0 aliphatic carbocycles. The molecule has 2 aliphatic rings. The lowest BCUT2D eigenvalue weighted by Gasteiger charge is -2.43. The predicted octanol–water partition coefficient (Wildman–Crippen LogP) is 1.59. The molecule has 0 saturated carbocycles. The van der Waals surface area contributed by atoms with E-state index in [-0.39, 0.29) is 11.9 Å². The van der Waals surface area contributed by atoms with Crippen molar-refractivity contribution in [3.8, 4) is 0 Å². The Kier molecular flexibility index (Phi) is 4.52. The fraction of sp³-hybridized carbons (Fsp3) is 0.562. The molecule has 1 saturated heterocycles. The van der Waals surface area contributed by atoms with E-state index < -0.39 is 0 Å². The van der Waals surface area contributed by atoms with E-state index in [9.17, 15) is 4.79 Å². The summed E-state index contributed by atoms with van der Waals surface area (Å²) in [7, 11) is 3.69. The highest BCUT2D eigenvalue weighted by Crippen LogP contribution is 2.40. The van der Waals surface area contributed by atoms with Gasteiger partial charge in [-0.05, 0) is 23.8 Å². The Morgan fingerprint density at radius 2 is 2.19 bits per heavy atom. The molecule has 3 rings (SSSR count). The Balaban J connectivity index is 1.89. The number of hydrogen-bond acceptors (Lipinski definition) is 4. The van der Waals surface area contributed by atoms with E-state index >= 15 is 0 Å². The summed E-state index contributed by atoms with van der Waals surface area (Å²) >= 11 is 1.93. The van der Waals surface area contributed by atoms with E-state index in [1.807, 2.05) is 25.9 Å². The van der Waals surface area contributed by atoms with Crippen molar-refractivity contribution in [2.45, 2.75) is 23.4 Å². The number of hydrogen-bond donors (Lipinski definition) is 1. The lowest BCUT2D eigenvalue weighted by molar-refractivity contribution is -0.136. The first-order valence-electron chi connectivity index (χ1n) is 7.58. The fourth-order valence-electron chi connectivity index (χ4n) is 3.29. The molecule has 2 heterocycles. The van der Waals surface area contributed by atoms with Crippen molar-refractivity contribution in [3.63, 3.8) is 0 Å². The van der Waals surface area contributed by atoms with Gasteiger partial charge in [-0.2, -0.15) is 0 Å². The molecule has 1 fully saturated rings. The number of fused-ring (bicyclic) bond motifs is 1.